The molecule has 2 heterocycles. The van der Waals surface area contributed by atoms with Crippen molar-refractivity contribution >= 4 is 0 Å². The molecule has 0 aromatic rings. The average Bonchev–Trinajstić information content (AvgIpc) is 2.54. The molecule has 2 fully saturated rings. The van der Waals surface area contributed by atoms with Gasteiger partial charge in [-0.05, 0) is 45.7 Å². The normalized spacial score (nSPS) is 33.9. The first kappa shape index (κ1) is 11.9. The first-order valence-electron chi connectivity index (χ1n) is 6.49. The van der Waals surface area contributed by atoms with Crippen molar-refractivity contribution in [1.82, 2.24) is 10.2 Å². The molecular formula is C13H24N2O. The molecule has 3 heteroatoms. The Kier molecular flexibility index (Phi) is 4.24. The summed E-state index contributed by atoms with van der Waals surface area (Å²) < 4.78 is 5.11. The fourth-order valence-electron chi connectivity index (χ4n) is 3.12. The lowest BCUT2D eigenvalue weighted by Gasteiger charge is -2.36. The number of hydrogen-bond donors (Lipinski definition) is 1. The molecule has 92 valence electrons. The predicted molar refractivity (Wildman–Crippen MR) is 66.4 cm³/mol. The Morgan fingerprint density at radius 3 is 2.69 bits per heavy atom. The molecule has 0 aromatic heterocycles. The van der Waals surface area contributed by atoms with Gasteiger partial charge in [-0.25, -0.2) is 0 Å². The van der Waals surface area contributed by atoms with Gasteiger partial charge in [0.05, 0.1) is 12.9 Å². The van der Waals surface area contributed by atoms with Crippen molar-refractivity contribution in [3.05, 3.63) is 12.8 Å². The van der Waals surface area contributed by atoms with Crippen molar-refractivity contribution in [2.24, 2.45) is 0 Å². The Balaban J connectivity index is 1.63. The highest BCUT2D eigenvalue weighted by molar-refractivity contribution is 4.95. The first-order chi connectivity index (χ1) is 7.81. The van der Waals surface area contributed by atoms with Gasteiger partial charge in [0.15, 0.2) is 0 Å². The summed E-state index contributed by atoms with van der Waals surface area (Å²) in [6.45, 7) is 5.40. The van der Waals surface area contributed by atoms with E-state index in [0.717, 1.165) is 37.7 Å². The number of fused-ring (bicyclic) bond motifs is 2. The van der Waals surface area contributed by atoms with Gasteiger partial charge in [0.1, 0.15) is 0 Å². The fourth-order valence-corrected chi connectivity index (χ4v) is 3.12. The van der Waals surface area contributed by atoms with Gasteiger partial charge in [0.2, 0.25) is 0 Å². The maximum atomic E-state index is 5.11. The van der Waals surface area contributed by atoms with E-state index in [1.165, 1.54) is 31.9 Å². The van der Waals surface area contributed by atoms with Gasteiger partial charge in [-0.3, -0.25) is 0 Å². The Bertz CT molecular complexity index is 218. The molecule has 0 radical (unpaired) electrons. The van der Waals surface area contributed by atoms with Crippen LogP contribution in [0.15, 0.2) is 12.8 Å². The van der Waals surface area contributed by atoms with Crippen molar-refractivity contribution in [1.29, 1.82) is 0 Å². The maximum absolute atomic E-state index is 5.11. The van der Waals surface area contributed by atoms with E-state index in [9.17, 15) is 0 Å². The lowest BCUT2D eigenvalue weighted by Crippen LogP contribution is -2.47. The third-order valence-electron chi connectivity index (χ3n) is 4.09. The van der Waals surface area contributed by atoms with E-state index in [1.807, 2.05) is 0 Å². The summed E-state index contributed by atoms with van der Waals surface area (Å²) in [5, 5.41) is 3.66. The molecule has 3 nitrogen and oxygen atoms in total. The molecule has 2 atom stereocenters. The second-order valence-corrected chi connectivity index (χ2v) is 5.06. The molecule has 0 aliphatic carbocycles. The van der Waals surface area contributed by atoms with Crippen LogP contribution in [0.4, 0.5) is 0 Å². The van der Waals surface area contributed by atoms with Gasteiger partial charge in [-0.15, -0.1) is 0 Å². The molecule has 16 heavy (non-hydrogen) atoms. The van der Waals surface area contributed by atoms with E-state index in [4.69, 9.17) is 4.74 Å². The van der Waals surface area contributed by atoms with Crippen molar-refractivity contribution < 1.29 is 4.74 Å². The zero-order chi connectivity index (χ0) is 11.4. The topological polar surface area (TPSA) is 24.5 Å². The van der Waals surface area contributed by atoms with Crippen LogP contribution < -0.4 is 5.32 Å². The summed E-state index contributed by atoms with van der Waals surface area (Å²) in [6, 6.07) is 2.40. The van der Waals surface area contributed by atoms with Gasteiger partial charge < -0.3 is 15.0 Å². The number of nitrogens with zero attached hydrogens (tertiary/aromatic N) is 1. The molecule has 2 aliphatic heterocycles. The van der Waals surface area contributed by atoms with E-state index >= 15 is 0 Å². The molecular weight excluding hydrogens is 200 g/mol. The number of rotatable bonds is 6. The van der Waals surface area contributed by atoms with Crippen LogP contribution in [0.2, 0.25) is 0 Å². The number of nitrogens with one attached hydrogen (secondary N) is 1. The zero-order valence-corrected chi connectivity index (χ0v) is 10.3. The highest BCUT2D eigenvalue weighted by Crippen LogP contribution is 2.33. The van der Waals surface area contributed by atoms with Crippen molar-refractivity contribution in [2.75, 3.05) is 20.2 Å². The Labute approximate surface area is 98.8 Å². The summed E-state index contributed by atoms with van der Waals surface area (Å²) in [5.41, 5.74) is 0. The first-order valence-corrected chi connectivity index (χ1v) is 6.49. The summed E-state index contributed by atoms with van der Waals surface area (Å²) in [5.74, 6) is 0. The molecule has 0 saturated carbocycles. The SMILES string of the molecule is C=COCCCNC1CC2CCC(C1)N2C. The summed E-state index contributed by atoms with van der Waals surface area (Å²) in [4.78, 5) is 2.58. The van der Waals surface area contributed by atoms with Gasteiger partial charge >= 0.3 is 0 Å². The predicted octanol–water partition coefficient (Wildman–Crippen LogP) is 1.75. The van der Waals surface area contributed by atoms with Crippen LogP contribution in [-0.4, -0.2) is 43.2 Å². The molecule has 2 saturated heterocycles. The van der Waals surface area contributed by atoms with Crippen molar-refractivity contribution in [3.8, 4) is 0 Å². The van der Waals surface area contributed by atoms with Gasteiger partial charge in [-0.1, -0.05) is 6.58 Å². The molecule has 2 unspecified atom stereocenters. The van der Waals surface area contributed by atoms with Crippen LogP contribution in [0.5, 0.6) is 0 Å². The van der Waals surface area contributed by atoms with E-state index in [1.54, 1.807) is 0 Å². The van der Waals surface area contributed by atoms with Crippen LogP contribution in [-0.2, 0) is 4.74 Å². The van der Waals surface area contributed by atoms with Crippen LogP contribution in [0, 0.1) is 0 Å². The number of ether oxygens (including phenoxy) is 1. The highest BCUT2D eigenvalue weighted by Gasteiger charge is 2.37. The highest BCUT2D eigenvalue weighted by atomic mass is 16.5. The van der Waals surface area contributed by atoms with Crippen LogP contribution in [0.25, 0.3) is 0 Å². The molecule has 0 aromatic carbocycles. The second-order valence-electron chi connectivity index (χ2n) is 5.06. The zero-order valence-electron chi connectivity index (χ0n) is 10.3. The molecule has 2 aliphatic rings. The molecule has 0 spiro atoms. The minimum atomic E-state index is 0.734. The maximum Gasteiger partial charge on any atom is 0.0885 e. The van der Waals surface area contributed by atoms with Gasteiger partial charge in [-0.2, -0.15) is 0 Å². The summed E-state index contributed by atoms with van der Waals surface area (Å²) >= 11 is 0. The van der Waals surface area contributed by atoms with Crippen molar-refractivity contribution in [2.45, 2.75) is 50.2 Å². The molecule has 1 N–H and O–H groups in total. The van der Waals surface area contributed by atoms with Crippen LogP contribution in [0.3, 0.4) is 0 Å². The van der Waals surface area contributed by atoms with E-state index < -0.39 is 0 Å². The minimum Gasteiger partial charge on any atom is -0.502 e. The number of piperidine rings is 1. The summed E-state index contributed by atoms with van der Waals surface area (Å²) in [7, 11) is 2.29. The lowest BCUT2D eigenvalue weighted by atomic mass is 9.98. The van der Waals surface area contributed by atoms with Gasteiger partial charge in [0.25, 0.3) is 0 Å². The Morgan fingerprint density at radius 1 is 1.38 bits per heavy atom. The van der Waals surface area contributed by atoms with Crippen LogP contribution in [0.1, 0.15) is 32.1 Å². The smallest absolute Gasteiger partial charge is 0.0885 e. The largest absolute Gasteiger partial charge is 0.502 e. The molecule has 2 bridgehead atoms. The Hall–Kier alpha value is -0.540. The minimum absolute atomic E-state index is 0.734. The second kappa shape index (κ2) is 5.69. The Morgan fingerprint density at radius 2 is 2.06 bits per heavy atom. The van der Waals surface area contributed by atoms with Crippen molar-refractivity contribution in [3.63, 3.8) is 0 Å². The van der Waals surface area contributed by atoms with E-state index in [2.05, 4.69) is 23.8 Å². The van der Waals surface area contributed by atoms with E-state index in [-0.39, 0.29) is 0 Å². The lowest BCUT2D eigenvalue weighted by molar-refractivity contribution is 0.147. The third kappa shape index (κ3) is 2.77. The van der Waals surface area contributed by atoms with E-state index in [0.29, 0.717) is 0 Å². The summed E-state index contributed by atoms with van der Waals surface area (Å²) in [6.07, 6.45) is 8.06. The fraction of sp³-hybridized carbons (Fsp3) is 0.846. The monoisotopic (exact) mass is 224 g/mol. The standard InChI is InChI=1S/C13H24N2O/c1-3-16-8-4-7-14-11-9-12-5-6-13(10-11)15(12)2/h3,11-14H,1,4-10H2,2H3. The van der Waals surface area contributed by atoms with Gasteiger partial charge in [0, 0.05) is 18.1 Å². The third-order valence-corrected chi connectivity index (χ3v) is 4.09. The quantitative estimate of drug-likeness (QED) is 0.549. The number of hydrogen-bond acceptors (Lipinski definition) is 3. The molecule has 0 amide bonds. The average molecular weight is 224 g/mol. The molecule has 2 rings (SSSR count). The van der Waals surface area contributed by atoms with Crippen LogP contribution >= 0.6 is 0 Å².